The van der Waals surface area contributed by atoms with Crippen LogP contribution < -0.4 is 0 Å². The van der Waals surface area contributed by atoms with Crippen molar-refractivity contribution in [2.75, 3.05) is 0 Å². The van der Waals surface area contributed by atoms with E-state index in [4.69, 9.17) is 0 Å². The van der Waals surface area contributed by atoms with Crippen LogP contribution in [0.1, 0.15) is 26.3 Å². The monoisotopic (exact) mass is 236 g/mol. The first-order valence-electron chi connectivity index (χ1n) is 5.06. The average Bonchev–Trinajstić information content (AvgIpc) is 2.15. The van der Waals surface area contributed by atoms with E-state index in [-0.39, 0.29) is 10.3 Å². The second-order valence-electron chi connectivity index (χ2n) is 4.79. The van der Waals surface area contributed by atoms with Crippen LogP contribution in [0.2, 0.25) is 0 Å². The largest absolute Gasteiger partial charge is 0.245 e. The molecule has 0 radical (unpaired) electrons. The van der Waals surface area contributed by atoms with E-state index >= 15 is 0 Å². The van der Waals surface area contributed by atoms with Crippen molar-refractivity contribution < 1.29 is 8.42 Å². The van der Waals surface area contributed by atoms with Crippen LogP contribution in [0.15, 0.2) is 29.2 Å². The molecule has 0 fully saturated rings. The molecule has 1 rings (SSSR count). The van der Waals surface area contributed by atoms with Gasteiger partial charge in [0.05, 0.1) is 4.90 Å². The van der Waals surface area contributed by atoms with E-state index in [9.17, 15) is 8.42 Å². The van der Waals surface area contributed by atoms with E-state index in [2.05, 4.69) is 11.2 Å². The molecular weight excluding hydrogens is 220 g/mol. The molecule has 0 saturated carbocycles. The topological polar surface area (TPSA) is 34.1 Å². The van der Waals surface area contributed by atoms with Crippen LogP contribution >= 0.6 is 0 Å². The summed E-state index contributed by atoms with van der Waals surface area (Å²) < 4.78 is 23.6. The van der Waals surface area contributed by atoms with Crippen molar-refractivity contribution >= 4 is 9.84 Å². The normalized spacial score (nSPS) is 11.8. The van der Waals surface area contributed by atoms with Crippen molar-refractivity contribution in [3.05, 3.63) is 29.8 Å². The molecule has 16 heavy (non-hydrogen) atoms. The molecule has 0 N–H and O–H groups in total. The smallest absolute Gasteiger partial charge is 0.210 e. The van der Waals surface area contributed by atoms with E-state index in [1.165, 1.54) is 0 Å². The molecule has 0 saturated heterocycles. The number of hydrogen-bond donors (Lipinski definition) is 0. The highest BCUT2D eigenvalue weighted by Gasteiger charge is 2.12. The van der Waals surface area contributed by atoms with Crippen LogP contribution in [0.25, 0.3) is 0 Å². The fourth-order valence-electron chi connectivity index (χ4n) is 0.997. The lowest BCUT2D eigenvalue weighted by Gasteiger charge is -2.06. The van der Waals surface area contributed by atoms with Gasteiger partial charge in [-0.15, -0.1) is 0 Å². The van der Waals surface area contributed by atoms with Crippen LogP contribution in [0.4, 0.5) is 0 Å². The Hall–Kier alpha value is -1.27. The van der Waals surface area contributed by atoms with Crippen LogP contribution in [-0.4, -0.2) is 8.42 Å². The highest BCUT2D eigenvalue weighted by molar-refractivity contribution is 7.96. The van der Waals surface area contributed by atoms with Gasteiger partial charge in [-0.2, -0.15) is 0 Å². The second-order valence-corrected chi connectivity index (χ2v) is 6.48. The fourth-order valence-corrected chi connectivity index (χ4v) is 2.05. The van der Waals surface area contributed by atoms with Gasteiger partial charge < -0.3 is 0 Å². The van der Waals surface area contributed by atoms with E-state index < -0.39 is 9.84 Å². The summed E-state index contributed by atoms with van der Waals surface area (Å²) in [7, 11) is -3.47. The minimum atomic E-state index is -3.47. The van der Waals surface area contributed by atoms with Gasteiger partial charge >= 0.3 is 0 Å². The molecule has 3 heteroatoms. The first-order valence-corrected chi connectivity index (χ1v) is 6.55. The van der Waals surface area contributed by atoms with Crippen molar-refractivity contribution in [1.82, 2.24) is 0 Å². The molecular formula is C13H16O2S. The van der Waals surface area contributed by atoms with Crippen molar-refractivity contribution in [2.45, 2.75) is 32.6 Å². The number of hydrogen-bond acceptors (Lipinski definition) is 2. The molecule has 0 bridgehead atoms. The summed E-state index contributed by atoms with van der Waals surface area (Å²) in [5.41, 5.74) is 0.723. The summed E-state index contributed by atoms with van der Waals surface area (Å²) in [5.74, 6) is 2.74. The predicted molar refractivity (Wildman–Crippen MR) is 65.6 cm³/mol. The predicted octanol–water partition coefficient (Wildman–Crippen LogP) is 2.78. The second kappa shape index (κ2) is 4.31. The van der Waals surface area contributed by atoms with Gasteiger partial charge in [-0.25, -0.2) is 8.42 Å². The Balaban J connectivity index is 3.12. The lowest BCUT2D eigenvalue weighted by molar-refractivity contribution is 0.570. The van der Waals surface area contributed by atoms with Gasteiger partial charge in [-0.3, -0.25) is 0 Å². The van der Waals surface area contributed by atoms with Crippen LogP contribution in [0.3, 0.4) is 0 Å². The number of benzene rings is 1. The van der Waals surface area contributed by atoms with E-state index in [1.54, 1.807) is 24.3 Å². The Morgan fingerprint density at radius 3 is 2.00 bits per heavy atom. The Bertz CT molecular complexity index is 520. The lowest BCUT2D eigenvalue weighted by Crippen LogP contribution is -2.03. The first kappa shape index (κ1) is 12.8. The molecule has 86 valence electrons. The van der Waals surface area contributed by atoms with Gasteiger partial charge in [-0.1, -0.05) is 23.6 Å². The number of aryl methyl sites for hydroxylation is 1. The highest BCUT2D eigenvalue weighted by Crippen LogP contribution is 2.14. The Morgan fingerprint density at radius 2 is 1.56 bits per heavy atom. The quantitative estimate of drug-likeness (QED) is 0.555. The van der Waals surface area contributed by atoms with Gasteiger partial charge in [0.1, 0.15) is 0 Å². The van der Waals surface area contributed by atoms with Gasteiger partial charge in [0.25, 0.3) is 0 Å². The molecule has 0 aromatic heterocycles. The maximum absolute atomic E-state index is 11.8. The van der Waals surface area contributed by atoms with Crippen LogP contribution in [0, 0.1) is 23.5 Å². The van der Waals surface area contributed by atoms with Crippen molar-refractivity contribution in [1.29, 1.82) is 0 Å². The first-order chi connectivity index (χ1) is 7.21. The van der Waals surface area contributed by atoms with Gasteiger partial charge in [0.2, 0.25) is 9.84 Å². The zero-order valence-electron chi connectivity index (χ0n) is 10.0. The van der Waals surface area contributed by atoms with Crippen LogP contribution in [-0.2, 0) is 9.84 Å². The molecule has 0 spiro atoms. The third-order valence-corrected chi connectivity index (χ3v) is 3.16. The van der Waals surface area contributed by atoms with Gasteiger partial charge in [0.15, 0.2) is 0 Å². The SMILES string of the molecule is Cc1ccc(S(=O)(=O)C#CC(C)(C)C)cc1. The summed E-state index contributed by atoms with van der Waals surface area (Å²) in [5, 5.41) is 2.36. The Kier molecular flexibility index (Phi) is 3.44. The van der Waals surface area contributed by atoms with Crippen molar-refractivity contribution in [3.8, 4) is 11.2 Å². The summed E-state index contributed by atoms with van der Waals surface area (Å²) >= 11 is 0. The number of sulfone groups is 1. The number of rotatable bonds is 1. The Labute approximate surface area is 97.6 Å². The molecule has 0 aliphatic rings. The minimum absolute atomic E-state index is 0.259. The molecule has 0 heterocycles. The summed E-state index contributed by atoms with van der Waals surface area (Å²) in [6.07, 6.45) is 0. The molecule has 0 atom stereocenters. The van der Waals surface area contributed by atoms with Crippen molar-refractivity contribution in [2.24, 2.45) is 5.41 Å². The third-order valence-electron chi connectivity index (χ3n) is 1.89. The Morgan fingerprint density at radius 1 is 1.06 bits per heavy atom. The summed E-state index contributed by atoms with van der Waals surface area (Å²) in [6, 6.07) is 6.71. The molecule has 0 unspecified atom stereocenters. The van der Waals surface area contributed by atoms with E-state index in [0.717, 1.165) is 5.56 Å². The molecule has 0 amide bonds. The highest BCUT2D eigenvalue weighted by atomic mass is 32.2. The molecule has 0 aliphatic heterocycles. The molecule has 1 aromatic carbocycles. The van der Waals surface area contributed by atoms with Gasteiger partial charge in [0, 0.05) is 10.7 Å². The summed E-state index contributed by atoms with van der Waals surface area (Å²) in [6.45, 7) is 7.55. The van der Waals surface area contributed by atoms with Crippen molar-refractivity contribution in [3.63, 3.8) is 0 Å². The minimum Gasteiger partial charge on any atom is -0.210 e. The third kappa shape index (κ3) is 3.71. The molecule has 0 aliphatic carbocycles. The lowest BCUT2D eigenvalue weighted by atomic mass is 9.99. The van der Waals surface area contributed by atoms with E-state index in [1.807, 2.05) is 27.7 Å². The molecule has 1 aromatic rings. The molecule has 2 nitrogen and oxygen atoms in total. The fraction of sp³-hybridized carbons (Fsp3) is 0.385. The maximum atomic E-state index is 11.8. The average molecular weight is 236 g/mol. The van der Waals surface area contributed by atoms with Crippen LogP contribution in [0.5, 0.6) is 0 Å². The zero-order chi connectivity index (χ0) is 12.4. The zero-order valence-corrected chi connectivity index (χ0v) is 10.9. The standard InChI is InChI=1S/C13H16O2S/c1-11-5-7-12(8-6-11)16(14,15)10-9-13(2,3)4/h5-8H,1-4H3. The van der Waals surface area contributed by atoms with Gasteiger partial charge in [-0.05, 0) is 39.8 Å². The maximum Gasteiger partial charge on any atom is 0.245 e. The summed E-state index contributed by atoms with van der Waals surface area (Å²) in [4.78, 5) is 0.259. The van der Waals surface area contributed by atoms with E-state index in [0.29, 0.717) is 0 Å².